The highest BCUT2D eigenvalue weighted by Gasteiger charge is 2.11. The van der Waals surface area contributed by atoms with E-state index in [1.54, 1.807) is 0 Å². The first-order valence-corrected chi connectivity index (χ1v) is 8.04. The number of fused-ring (bicyclic) bond motifs is 1. The molecule has 0 bridgehead atoms. The van der Waals surface area contributed by atoms with Gasteiger partial charge in [-0.15, -0.1) is 0 Å². The molecule has 0 aliphatic heterocycles. The highest BCUT2D eigenvalue weighted by atomic mass is 127. The van der Waals surface area contributed by atoms with Gasteiger partial charge in [-0.3, -0.25) is 4.79 Å². The van der Waals surface area contributed by atoms with Crippen LogP contribution in [0.1, 0.15) is 10.4 Å². The highest BCUT2D eigenvalue weighted by Crippen LogP contribution is 2.26. The van der Waals surface area contributed by atoms with Gasteiger partial charge in [0.2, 0.25) is 0 Å². The minimum absolute atomic E-state index is 0.120. The number of nitrogens with zero attached hydrogens (tertiary/aromatic N) is 1. The Kier molecular flexibility index (Phi) is 3.94. The van der Waals surface area contributed by atoms with Gasteiger partial charge in [0.05, 0.1) is 6.54 Å². The number of Topliss-reactive ketones (excluding diaryl/α,β-unsaturated/α-hetero) is 1. The van der Waals surface area contributed by atoms with Crippen LogP contribution in [-0.4, -0.2) is 10.4 Å². The predicted molar refractivity (Wildman–Crippen MR) is 93.1 cm³/mol. The maximum absolute atomic E-state index is 12.3. The fraction of sp³-hybridized carbons (Fsp3) is 0.0625. The largest absolute Gasteiger partial charge is 0.338 e. The molecule has 4 heteroatoms. The standard InChI is InChI=1S/C16H11BrINO/c17-14-9-19(15-4-2-1-3-13(14)15)10-16(20)11-5-7-12(18)8-6-11/h1-9H,10H2. The van der Waals surface area contributed by atoms with Crippen LogP contribution in [0.25, 0.3) is 10.9 Å². The summed E-state index contributed by atoms with van der Waals surface area (Å²) in [4.78, 5) is 12.3. The van der Waals surface area contributed by atoms with Crippen molar-refractivity contribution in [2.24, 2.45) is 0 Å². The van der Waals surface area contributed by atoms with Gasteiger partial charge < -0.3 is 4.57 Å². The van der Waals surface area contributed by atoms with Crippen LogP contribution in [0.4, 0.5) is 0 Å². The second-order valence-electron chi connectivity index (χ2n) is 4.55. The van der Waals surface area contributed by atoms with E-state index in [0.29, 0.717) is 6.54 Å². The highest BCUT2D eigenvalue weighted by molar-refractivity contribution is 14.1. The average Bonchev–Trinajstić information content (AvgIpc) is 2.77. The maximum atomic E-state index is 12.3. The zero-order chi connectivity index (χ0) is 14.1. The van der Waals surface area contributed by atoms with E-state index in [2.05, 4.69) is 38.5 Å². The number of carbonyl (C=O) groups is 1. The molecule has 0 saturated heterocycles. The molecule has 0 radical (unpaired) electrons. The first-order valence-electron chi connectivity index (χ1n) is 6.17. The number of aromatic nitrogens is 1. The number of hydrogen-bond acceptors (Lipinski definition) is 1. The Bertz CT molecular complexity index is 777. The summed E-state index contributed by atoms with van der Waals surface area (Å²) in [6.07, 6.45) is 1.97. The van der Waals surface area contributed by atoms with E-state index in [1.807, 2.05) is 59.3 Å². The second kappa shape index (κ2) is 5.69. The normalized spacial score (nSPS) is 10.9. The zero-order valence-electron chi connectivity index (χ0n) is 10.5. The van der Waals surface area contributed by atoms with E-state index >= 15 is 0 Å². The number of ketones is 1. The Balaban J connectivity index is 1.93. The summed E-state index contributed by atoms with van der Waals surface area (Å²) in [5.41, 5.74) is 1.82. The molecule has 1 heterocycles. The van der Waals surface area contributed by atoms with Crippen molar-refractivity contribution < 1.29 is 4.79 Å². The fourth-order valence-electron chi connectivity index (χ4n) is 2.21. The van der Waals surface area contributed by atoms with Crippen LogP contribution in [0.2, 0.25) is 0 Å². The number of carbonyl (C=O) groups excluding carboxylic acids is 1. The molecule has 100 valence electrons. The zero-order valence-corrected chi connectivity index (χ0v) is 14.3. The Labute approximate surface area is 139 Å². The third-order valence-electron chi connectivity index (χ3n) is 3.22. The van der Waals surface area contributed by atoms with Crippen LogP contribution in [-0.2, 0) is 6.54 Å². The molecule has 0 fully saturated rings. The maximum Gasteiger partial charge on any atom is 0.182 e. The minimum atomic E-state index is 0.120. The molecule has 2 nitrogen and oxygen atoms in total. The lowest BCUT2D eigenvalue weighted by atomic mass is 10.1. The molecule has 3 rings (SSSR count). The van der Waals surface area contributed by atoms with Gasteiger partial charge in [-0.05, 0) is 56.7 Å². The molecule has 0 spiro atoms. The Morgan fingerprint density at radius 2 is 1.80 bits per heavy atom. The number of benzene rings is 2. The summed E-state index contributed by atoms with van der Waals surface area (Å²) >= 11 is 5.78. The lowest BCUT2D eigenvalue weighted by molar-refractivity contribution is 0.0973. The number of para-hydroxylation sites is 1. The summed E-state index contributed by atoms with van der Waals surface area (Å²) in [7, 11) is 0. The number of halogens is 2. The minimum Gasteiger partial charge on any atom is -0.338 e. The average molecular weight is 440 g/mol. The van der Waals surface area contributed by atoms with E-state index in [9.17, 15) is 4.79 Å². The van der Waals surface area contributed by atoms with Crippen molar-refractivity contribution in [2.45, 2.75) is 6.54 Å². The van der Waals surface area contributed by atoms with Crippen molar-refractivity contribution in [3.8, 4) is 0 Å². The molecule has 0 amide bonds. The van der Waals surface area contributed by atoms with E-state index in [1.165, 1.54) is 0 Å². The quantitative estimate of drug-likeness (QED) is 0.420. The molecular weight excluding hydrogens is 429 g/mol. The van der Waals surface area contributed by atoms with Crippen LogP contribution in [0.15, 0.2) is 59.2 Å². The third kappa shape index (κ3) is 2.67. The van der Waals surface area contributed by atoms with E-state index in [0.717, 1.165) is 24.5 Å². The van der Waals surface area contributed by atoms with Crippen molar-refractivity contribution in [3.63, 3.8) is 0 Å². The third-order valence-corrected chi connectivity index (χ3v) is 4.57. The summed E-state index contributed by atoms with van der Waals surface area (Å²) in [6, 6.07) is 15.7. The van der Waals surface area contributed by atoms with Crippen molar-refractivity contribution in [1.29, 1.82) is 0 Å². The van der Waals surface area contributed by atoms with Gasteiger partial charge in [0, 0.05) is 30.7 Å². The van der Waals surface area contributed by atoms with Crippen LogP contribution < -0.4 is 0 Å². The van der Waals surface area contributed by atoms with Crippen LogP contribution in [0.5, 0.6) is 0 Å². The van der Waals surface area contributed by atoms with Crippen LogP contribution in [0.3, 0.4) is 0 Å². The van der Waals surface area contributed by atoms with E-state index < -0.39 is 0 Å². The number of hydrogen-bond donors (Lipinski definition) is 0. The first-order chi connectivity index (χ1) is 9.65. The van der Waals surface area contributed by atoms with Gasteiger partial charge in [0.25, 0.3) is 0 Å². The van der Waals surface area contributed by atoms with Gasteiger partial charge in [0.1, 0.15) is 0 Å². The Morgan fingerprint density at radius 3 is 2.55 bits per heavy atom. The molecule has 3 aromatic rings. The predicted octanol–water partition coefficient (Wildman–Crippen LogP) is 4.89. The summed E-state index contributed by atoms with van der Waals surface area (Å²) in [5.74, 6) is 0.120. The van der Waals surface area contributed by atoms with E-state index in [4.69, 9.17) is 0 Å². The SMILES string of the molecule is O=C(Cn1cc(Br)c2ccccc21)c1ccc(I)cc1. The molecule has 0 aliphatic rings. The Morgan fingerprint density at radius 1 is 1.10 bits per heavy atom. The van der Waals surface area contributed by atoms with Crippen molar-refractivity contribution in [2.75, 3.05) is 0 Å². The smallest absolute Gasteiger partial charge is 0.182 e. The summed E-state index contributed by atoms with van der Waals surface area (Å²) < 4.78 is 4.14. The fourth-order valence-corrected chi connectivity index (χ4v) is 3.16. The summed E-state index contributed by atoms with van der Waals surface area (Å²) in [5, 5.41) is 1.13. The molecule has 0 atom stereocenters. The van der Waals surface area contributed by atoms with Crippen molar-refractivity contribution in [1.82, 2.24) is 4.57 Å². The molecule has 20 heavy (non-hydrogen) atoms. The van der Waals surface area contributed by atoms with Crippen LogP contribution in [0, 0.1) is 3.57 Å². The van der Waals surface area contributed by atoms with Gasteiger partial charge in [-0.1, -0.05) is 30.3 Å². The lowest BCUT2D eigenvalue weighted by Gasteiger charge is -2.05. The first kappa shape index (κ1) is 13.8. The van der Waals surface area contributed by atoms with Crippen molar-refractivity contribution in [3.05, 3.63) is 68.3 Å². The van der Waals surface area contributed by atoms with Gasteiger partial charge in [-0.25, -0.2) is 0 Å². The molecule has 2 aromatic carbocycles. The Hall–Kier alpha value is -1.14. The van der Waals surface area contributed by atoms with Crippen molar-refractivity contribution >= 4 is 55.2 Å². The second-order valence-corrected chi connectivity index (χ2v) is 6.65. The molecule has 1 aromatic heterocycles. The van der Waals surface area contributed by atoms with E-state index in [-0.39, 0.29) is 5.78 Å². The van der Waals surface area contributed by atoms with Gasteiger partial charge >= 0.3 is 0 Å². The van der Waals surface area contributed by atoms with Gasteiger partial charge in [-0.2, -0.15) is 0 Å². The molecule has 0 N–H and O–H groups in total. The van der Waals surface area contributed by atoms with Crippen LogP contribution >= 0.6 is 38.5 Å². The lowest BCUT2D eigenvalue weighted by Crippen LogP contribution is -2.09. The molecule has 0 unspecified atom stereocenters. The van der Waals surface area contributed by atoms with Gasteiger partial charge in [0.15, 0.2) is 5.78 Å². The summed E-state index contributed by atoms with van der Waals surface area (Å²) in [6.45, 7) is 0.354. The molecular formula is C16H11BrINO. The number of rotatable bonds is 3. The monoisotopic (exact) mass is 439 g/mol. The molecule has 0 saturated carbocycles. The molecule has 0 aliphatic carbocycles. The topological polar surface area (TPSA) is 22.0 Å².